The molecule has 8 aromatic rings. The number of hydrogen-bond donors (Lipinski definition) is 0. The summed E-state index contributed by atoms with van der Waals surface area (Å²) in [6.07, 6.45) is 5.77. The van der Waals surface area contributed by atoms with E-state index in [9.17, 15) is 9.59 Å². The summed E-state index contributed by atoms with van der Waals surface area (Å²) in [7, 11) is 0. The highest BCUT2D eigenvalue weighted by atomic mass is 32.1. The number of allylic oxidation sites excluding steroid dienone is 4. The number of ketones is 2. The molecule has 2 atom stereocenters. The normalized spacial score (nSPS) is 17.9. The number of benzene rings is 7. The van der Waals surface area contributed by atoms with Crippen molar-refractivity contribution in [3.05, 3.63) is 139 Å². The minimum atomic E-state index is -0.492. The van der Waals surface area contributed by atoms with Crippen LogP contribution >= 0.6 is 11.3 Å². The van der Waals surface area contributed by atoms with Gasteiger partial charge < -0.3 is 0 Å². The second kappa shape index (κ2) is 9.07. The predicted octanol–water partition coefficient (Wildman–Crippen LogP) is 10.6. The van der Waals surface area contributed by atoms with Crippen LogP contribution in [0.5, 0.6) is 0 Å². The number of carbonyl (C=O) groups excluding carboxylic acids is 2. The molecule has 1 aromatic heterocycles. The van der Waals surface area contributed by atoms with Crippen LogP contribution < -0.4 is 0 Å². The predicted molar refractivity (Wildman–Crippen MR) is 188 cm³/mol. The van der Waals surface area contributed by atoms with E-state index in [0.717, 1.165) is 16.5 Å². The first-order valence-electron chi connectivity index (χ1n) is 15.3. The summed E-state index contributed by atoms with van der Waals surface area (Å²) >= 11 is 1.86. The fourth-order valence-corrected chi connectivity index (χ4v) is 9.00. The molecule has 2 bridgehead atoms. The topological polar surface area (TPSA) is 34.1 Å². The quantitative estimate of drug-likeness (QED) is 0.116. The van der Waals surface area contributed by atoms with Gasteiger partial charge >= 0.3 is 0 Å². The van der Waals surface area contributed by atoms with Gasteiger partial charge in [0, 0.05) is 20.2 Å². The standard InChI is InChI=1S/C42H24O2S/c43-40-27-16-21-34(41(40)44)36(22-27)30-18-13-26-14-19-32-28(17-12-25-15-20-33(30)39(26)38(25)32)23-8-10-24(11-9-23)29-5-3-6-35-31-4-1-2-7-37(31)45-42(29)35/h1-22,27,34H. The molecule has 1 heterocycles. The molecule has 0 fully saturated rings. The Bertz CT molecular complexity index is 2630. The summed E-state index contributed by atoms with van der Waals surface area (Å²) in [5.41, 5.74) is 6.87. The Morgan fingerprint density at radius 1 is 0.489 bits per heavy atom. The molecule has 11 rings (SSSR count). The van der Waals surface area contributed by atoms with E-state index in [1.165, 1.54) is 69.4 Å². The highest BCUT2D eigenvalue weighted by Crippen LogP contribution is 2.45. The van der Waals surface area contributed by atoms with Gasteiger partial charge in [-0.3, -0.25) is 9.59 Å². The molecule has 0 N–H and O–H groups in total. The van der Waals surface area contributed by atoms with E-state index in [1.54, 1.807) is 0 Å². The summed E-state index contributed by atoms with van der Waals surface area (Å²) in [4.78, 5) is 25.2. The van der Waals surface area contributed by atoms with Gasteiger partial charge in [0.2, 0.25) is 11.6 Å². The van der Waals surface area contributed by atoms with Crippen molar-refractivity contribution in [3.8, 4) is 22.3 Å². The highest BCUT2D eigenvalue weighted by molar-refractivity contribution is 7.26. The van der Waals surface area contributed by atoms with Gasteiger partial charge in [0.1, 0.15) is 0 Å². The van der Waals surface area contributed by atoms with Crippen molar-refractivity contribution >= 4 is 81.0 Å². The average Bonchev–Trinajstić information content (AvgIpc) is 3.48. The van der Waals surface area contributed by atoms with Crippen molar-refractivity contribution in [1.29, 1.82) is 0 Å². The second-order valence-electron chi connectivity index (χ2n) is 12.2. The van der Waals surface area contributed by atoms with Gasteiger partial charge in [0.15, 0.2) is 0 Å². The molecule has 0 spiro atoms. The van der Waals surface area contributed by atoms with Gasteiger partial charge in [-0.15, -0.1) is 11.3 Å². The Morgan fingerprint density at radius 2 is 1.13 bits per heavy atom. The van der Waals surface area contributed by atoms with Crippen LogP contribution in [0.2, 0.25) is 0 Å². The van der Waals surface area contributed by atoms with E-state index in [4.69, 9.17) is 0 Å². The fraction of sp³-hybridized carbons (Fsp3) is 0.0476. The van der Waals surface area contributed by atoms with Crippen LogP contribution in [0.3, 0.4) is 0 Å². The van der Waals surface area contributed by atoms with Crippen molar-refractivity contribution in [2.75, 3.05) is 0 Å². The van der Waals surface area contributed by atoms with Crippen molar-refractivity contribution in [1.82, 2.24) is 0 Å². The van der Waals surface area contributed by atoms with Gasteiger partial charge in [-0.25, -0.2) is 0 Å². The summed E-state index contributed by atoms with van der Waals surface area (Å²) in [6, 6.07) is 41.8. The zero-order valence-corrected chi connectivity index (χ0v) is 24.9. The van der Waals surface area contributed by atoms with E-state index in [1.807, 2.05) is 29.6 Å². The maximum atomic E-state index is 12.8. The van der Waals surface area contributed by atoms with Gasteiger partial charge in [-0.1, -0.05) is 127 Å². The largest absolute Gasteiger partial charge is 0.290 e. The first-order valence-corrected chi connectivity index (χ1v) is 16.2. The molecule has 45 heavy (non-hydrogen) atoms. The monoisotopic (exact) mass is 592 g/mol. The number of hydrogen-bond acceptors (Lipinski definition) is 3. The van der Waals surface area contributed by atoms with E-state index < -0.39 is 11.8 Å². The minimum absolute atomic E-state index is 0.292. The van der Waals surface area contributed by atoms with Crippen LogP contribution in [0.4, 0.5) is 0 Å². The number of Topliss-reactive ketones (excluding diaryl/α,β-unsaturated/α-hetero) is 2. The van der Waals surface area contributed by atoms with Crippen molar-refractivity contribution in [2.24, 2.45) is 11.8 Å². The summed E-state index contributed by atoms with van der Waals surface area (Å²) < 4.78 is 2.64. The molecular formula is C42H24O2S. The number of carbonyl (C=O) groups is 2. The Kier molecular flexibility index (Phi) is 5.04. The van der Waals surface area contributed by atoms with Crippen molar-refractivity contribution in [3.63, 3.8) is 0 Å². The van der Waals surface area contributed by atoms with E-state index in [2.05, 4.69) is 115 Å². The van der Waals surface area contributed by atoms with Crippen LogP contribution in [-0.4, -0.2) is 11.6 Å². The van der Waals surface area contributed by atoms with E-state index >= 15 is 0 Å². The lowest BCUT2D eigenvalue weighted by molar-refractivity contribution is -0.139. The van der Waals surface area contributed by atoms with Crippen LogP contribution in [0.25, 0.3) is 80.3 Å². The third-order valence-electron chi connectivity index (χ3n) is 9.92. The molecule has 0 radical (unpaired) electrons. The third kappa shape index (κ3) is 3.44. The molecule has 0 saturated carbocycles. The van der Waals surface area contributed by atoms with Crippen LogP contribution in [-0.2, 0) is 9.59 Å². The maximum Gasteiger partial charge on any atom is 0.210 e. The van der Waals surface area contributed by atoms with Crippen molar-refractivity contribution in [2.45, 2.75) is 0 Å². The highest BCUT2D eigenvalue weighted by Gasteiger charge is 2.39. The zero-order valence-electron chi connectivity index (χ0n) is 24.1. The molecule has 2 unspecified atom stereocenters. The third-order valence-corrected chi connectivity index (χ3v) is 11.1. The molecule has 0 saturated heterocycles. The lowest BCUT2D eigenvalue weighted by Crippen LogP contribution is -2.36. The molecule has 0 aliphatic heterocycles. The Labute approximate surface area is 262 Å². The molecule has 3 heteroatoms. The van der Waals surface area contributed by atoms with Gasteiger partial charge in [-0.2, -0.15) is 0 Å². The van der Waals surface area contributed by atoms with E-state index in [0.29, 0.717) is 0 Å². The maximum absolute atomic E-state index is 12.8. The molecule has 2 nitrogen and oxygen atoms in total. The lowest BCUT2D eigenvalue weighted by Gasteiger charge is -2.29. The number of thiophene rings is 1. The number of fused-ring (bicyclic) bond motifs is 4. The van der Waals surface area contributed by atoms with Crippen LogP contribution in [0.15, 0.2) is 133 Å². The smallest absolute Gasteiger partial charge is 0.210 e. The minimum Gasteiger partial charge on any atom is -0.290 e. The van der Waals surface area contributed by atoms with Gasteiger partial charge in [0.05, 0.1) is 11.8 Å². The second-order valence-corrected chi connectivity index (χ2v) is 13.3. The molecule has 210 valence electrons. The molecular weight excluding hydrogens is 569 g/mol. The average molecular weight is 593 g/mol. The first-order chi connectivity index (χ1) is 22.1. The molecule has 3 aliphatic rings. The van der Waals surface area contributed by atoms with Crippen molar-refractivity contribution < 1.29 is 9.59 Å². The summed E-state index contributed by atoms with van der Waals surface area (Å²) in [6.45, 7) is 0. The first kappa shape index (κ1) is 25.0. The summed E-state index contributed by atoms with van der Waals surface area (Å²) in [5, 5.41) is 9.79. The zero-order chi connectivity index (χ0) is 29.8. The Balaban J connectivity index is 1.12. The fourth-order valence-electron chi connectivity index (χ4n) is 7.76. The Morgan fingerprint density at radius 3 is 1.89 bits per heavy atom. The van der Waals surface area contributed by atoms with Gasteiger partial charge in [0.25, 0.3) is 0 Å². The molecule has 3 aliphatic carbocycles. The summed E-state index contributed by atoms with van der Waals surface area (Å²) in [5.74, 6) is -1.52. The lowest BCUT2D eigenvalue weighted by atomic mass is 9.72. The van der Waals surface area contributed by atoms with Crippen LogP contribution in [0.1, 0.15) is 5.56 Å². The SMILES string of the molecule is O=C1C(=O)C2C=CC1C=C2c1ccc2ccc3c(-c4ccc(-c5cccc6c5sc5ccccc56)cc4)ccc4ccc1c2c43. The van der Waals surface area contributed by atoms with Crippen LogP contribution in [0, 0.1) is 11.8 Å². The van der Waals surface area contributed by atoms with Gasteiger partial charge in [-0.05, 0) is 71.8 Å². The Hall–Kier alpha value is -5.38. The number of rotatable bonds is 3. The molecule has 0 amide bonds. The molecule has 7 aromatic carbocycles. The van der Waals surface area contributed by atoms with E-state index in [-0.39, 0.29) is 11.6 Å².